The molecular weight excluding hydrogens is 277 g/mol. The van der Waals surface area contributed by atoms with Crippen LogP contribution in [0.4, 0.5) is 13.2 Å². The highest BCUT2D eigenvalue weighted by Gasteiger charge is 2.46. The van der Waals surface area contributed by atoms with Crippen LogP contribution in [0.2, 0.25) is 0 Å². The number of benzene rings is 1. The fourth-order valence-corrected chi connectivity index (χ4v) is 3.30. The van der Waals surface area contributed by atoms with Crippen molar-refractivity contribution in [1.29, 1.82) is 0 Å². The number of rotatable bonds is 3. The lowest BCUT2D eigenvalue weighted by atomic mass is 9.86. The average Bonchev–Trinajstić information content (AvgIpc) is 3.25. The molecule has 0 amide bonds. The zero-order valence-electron chi connectivity index (χ0n) is 12.2. The summed E-state index contributed by atoms with van der Waals surface area (Å²) < 4.78 is 38.9. The van der Waals surface area contributed by atoms with Crippen LogP contribution in [0.25, 0.3) is 0 Å². The molecule has 1 aliphatic carbocycles. The Balaban J connectivity index is 1.86. The van der Waals surface area contributed by atoms with E-state index < -0.39 is 18.3 Å². The van der Waals surface area contributed by atoms with Gasteiger partial charge in [-0.1, -0.05) is 30.3 Å². The lowest BCUT2D eigenvalue weighted by molar-refractivity contribution is -0.164. The highest BCUT2D eigenvalue weighted by atomic mass is 19.4. The smallest absolute Gasteiger partial charge is 0.310 e. The molecule has 2 unspecified atom stereocenters. The van der Waals surface area contributed by atoms with Gasteiger partial charge in [0, 0.05) is 19.1 Å². The summed E-state index contributed by atoms with van der Waals surface area (Å²) in [6, 6.07) is 9.71. The fraction of sp³-hybridized carbons (Fsp3) is 0.625. The van der Waals surface area contributed by atoms with Crippen molar-refractivity contribution >= 4 is 0 Å². The van der Waals surface area contributed by atoms with Crippen molar-refractivity contribution in [1.82, 2.24) is 10.2 Å². The van der Waals surface area contributed by atoms with Gasteiger partial charge in [0.2, 0.25) is 0 Å². The summed E-state index contributed by atoms with van der Waals surface area (Å²) in [5, 5.41) is 3.48. The Kier molecular flexibility index (Phi) is 3.74. The molecule has 3 rings (SSSR count). The Bertz CT molecular complexity index is 484. The van der Waals surface area contributed by atoms with Crippen LogP contribution in [-0.4, -0.2) is 36.8 Å². The molecule has 1 aliphatic heterocycles. The summed E-state index contributed by atoms with van der Waals surface area (Å²) in [6.07, 6.45) is -1.89. The van der Waals surface area contributed by atoms with Gasteiger partial charge < -0.3 is 5.32 Å². The van der Waals surface area contributed by atoms with E-state index in [1.54, 1.807) is 4.90 Å². The number of piperazine rings is 1. The summed E-state index contributed by atoms with van der Waals surface area (Å²) in [5.41, 5.74) is 0.332. The number of hydrogen-bond acceptors (Lipinski definition) is 2. The van der Waals surface area contributed by atoms with Crippen LogP contribution >= 0.6 is 0 Å². The van der Waals surface area contributed by atoms with Crippen LogP contribution in [-0.2, 0) is 5.54 Å². The summed E-state index contributed by atoms with van der Waals surface area (Å²) >= 11 is 0. The molecule has 116 valence electrons. The van der Waals surface area contributed by atoms with Gasteiger partial charge in [-0.2, -0.15) is 13.2 Å². The molecule has 0 radical (unpaired) electrons. The van der Waals surface area contributed by atoms with Crippen LogP contribution in [0, 0.1) is 5.92 Å². The summed E-state index contributed by atoms with van der Waals surface area (Å²) in [7, 11) is 0. The predicted octanol–water partition coefficient (Wildman–Crippen LogP) is 3.15. The van der Waals surface area contributed by atoms with E-state index in [9.17, 15) is 13.2 Å². The minimum Gasteiger partial charge on any atom is -0.310 e. The molecular formula is C16H21F3N2. The molecule has 21 heavy (non-hydrogen) atoms. The third-order valence-corrected chi connectivity index (χ3v) is 4.78. The maximum absolute atomic E-state index is 13.0. The van der Waals surface area contributed by atoms with Gasteiger partial charge in [-0.3, -0.25) is 4.90 Å². The van der Waals surface area contributed by atoms with Gasteiger partial charge in [-0.15, -0.1) is 0 Å². The standard InChI is InChI=1S/C16H21F3N2/c1-15(13-5-3-2-4-6-13)10-20-14(12-7-8-12)9-21(15)11-16(17,18)19/h2-6,12,14,20H,7-11H2,1H3. The van der Waals surface area contributed by atoms with Crippen molar-refractivity contribution in [3.05, 3.63) is 35.9 Å². The monoisotopic (exact) mass is 298 g/mol. The molecule has 5 heteroatoms. The molecule has 0 aromatic heterocycles. The molecule has 0 spiro atoms. The maximum atomic E-state index is 13.0. The molecule has 1 saturated carbocycles. The number of alkyl halides is 3. The Hall–Kier alpha value is -1.07. The zero-order chi connectivity index (χ0) is 15.1. The van der Waals surface area contributed by atoms with Crippen molar-refractivity contribution in [3.8, 4) is 0 Å². The van der Waals surface area contributed by atoms with Crippen molar-refractivity contribution in [2.75, 3.05) is 19.6 Å². The topological polar surface area (TPSA) is 15.3 Å². The lowest BCUT2D eigenvalue weighted by Gasteiger charge is -2.48. The van der Waals surface area contributed by atoms with Crippen LogP contribution in [0.5, 0.6) is 0 Å². The van der Waals surface area contributed by atoms with Gasteiger partial charge in [0.25, 0.3) is 0 Å². The molecule has 1 heterocycles. The van der Waals surface area contributed by atoms with Crippen molar-refractivity contribution in [2.45, 2.75) is 37.5 Å². The average molecular weight is 298 g/mol. The van der Waals surface area contributed by atoms with E-state index in [1.807, 2.05) is 37.3 Å². The summed E-state index contributed by atoms with van der Waals surface area (Å²) in [6.45, 7) is 2.09. The predicted molar refractivity (Wildman–Crippen MR) is 75.9 cm³/mol. The first-order valence-corrected chi connectivity index (χ1v) is 7.49. The van der Waals surface area contributed by atoms with Gasteiger partial charge in [0.1, 0.15) is 0 Å². The van der Waals surface area contributed by atoms with Gasteiger partial charge in [0.05, 0.1) is 12.1 Å². The van der Waals surface area contributed by atoms with Crippen LogP contribution in [0.1, 0.15) is 25.3 Å². The Morgan fingerprint density at radius 1 is 1.24 bits per heavy atom. The molecule has 2 aliphatic rings. The number of nitrogens with one attached hydrogen (secondary N) is 1. The second-order valence-electron chi connectivity index (χ2n) is 6.46. The molecule has 2 atom stereocenters. The first-order valence-electron chi connectivity index (χ1n) is 7.49. The van der Waals surface area contributed by atoms with Crippen LogP contribution in [0.3, 0.4) is 0 Å². The fourth-order valence-electron chi connectivity index (χ4n) is 3.30. The molecule has 2 nitrogen and oxygen atoms in total. The number of halogens is 3. The maximum Gasteiger partial charge on any atom is 0.401 e. The Labute approximate surface area is 123 Å². The SMILES string of the molecule is CC1(c2ccccc2)CNC(C2CC2)CN1CC(F)(F)F. The van der Waals surface area contributed by atoms with Crippen molar-refractivity contribution in [2.24, 2.45) is 5.92 Å². The summed E-state index contributed by atoms with van der Waals surface area (Å²) in [4.78, 5) is 1.61. The minimum absolute atomic E-state index is 0.198. The Morgan fingerprint density at radius 3 is 2.48 bits per heavy atom. The third-order valence-electron chi connectivity index (χ3n) is 4.78. The number of hydrogen-bond donors (Lipinski definition) is 1. The van der Waals surface area contributed by atoms with E-state index in [-0.39, 0.29) is 6.04 Å². The highest BCUT2D eigenvalue weighted by molar-refractivity contribution is 5.26. The van der Waals surface area contributed by atoms with Gasteiger partial charge in [-0.05, 0) is 31.2 Å². The second-order valence-corrected chi connectivity index (χ2v) is 6.46. The van der Waals surface area contributed by atoms with Crippen LogP contribution < -0.4 is 5.32 Å². The van der Waals surface area contributed by atoms with Gasteiger partial charge in [-0.25, -0.2) is 0 Å². The quantitative estimate of drug-likeness (QED) is 0.922. The van der Waals surface area contributed by atoms with Crippen molar-refractivity contribution < 1.29 is 13.2 Å². The van der Waals surface area contributed by atoms with E-state index in [1.165, 1.54) is 0 Å². The van der Waals surface area contributed by atoms with Crippen LogP contribution in [0.15, 0.2) is 30.3 Å². The largest absolute Gasteiger partial charge is 0.401 e. The molecule has 2 fully saturated rings. The van der Waals surface area contributed by atoms with E-state index in [4.69, 9.17) is 0 Å². The second kappa shape index (κ2) is 5.29. The molecule has 1 aromatic rings. The van der Waals surface area contributed by atoms with E-state index in [2.05, 4.69) is 5.32 Å². The first-order chi connectivity index (χ1) is 9.88. The first kappa shape index (κ1) is 14.9. The zero-order valence-corrected chi connectivity index (χ0v) is 12.2. The van der Waals surface area contributed by atoms with Crippen molar-refractivity contribution in [3.63, 3.8) is 0 Å². The minimum atomic E-state index is -4.17. The summed E-state index contributed by atoms with van der Waals surface area (Å²) in [5.74, 6) is 0.557. The highest BCUT2D eigenvalue weighted by Crippen LogP contribution is 2.39. The molecule has 1 aromatic carbocycles. The lowest BCUT2D eigenvalue weighted by Crippen LogP contribution is -2.63. The molecule has 1 N–H and O–H groups in total. The molecule has 1 saturated heterocycles. The van der Waals surface area contributed by atoms with E-state index in [0.717, 1.165) is 18.4 Å². The Morgan fingerprint density at radius 2 is 1.90 bits per heavy atom. The van der Waals surface area contributed by atoms with E-state index in [0.29, 0.717) is 19.0 Å². The third kappa shape index (κ3) is 3.24. The van der Waals surface area contributed by atoms with Gasteiger partial charge >= 0.3 is 6.18 Å². The molecule has 0 bridgehead atoms. The van der Waals surface area contributed by atoms with Gasteiger partial charge in [0.15, 0.2) is 0 Å². The number of nitrogens with zero attached hydrogens (tertiary/aromatic N) is 1. The van der Waals surface area contributed by atoms with E-state index >= 15 is 0 Å². The normalized spacial score (nSPS) is 31.3.